The average molecular weight is 332 g/mol. The summed E-state index contributed by atoms with van der Waals surface area (Å²) in [7, 11) is 3.27. The number of hydrogen-bond donors (Lipinski definition) is 2. The molecule has 0 saturated carbocycles. The standard InChI is InChI=1S/C17H20N2O3S/c1-20-12-11-18-17(23)19-13-7-9-14(10-8-13)22-16-6-4-3-5-15(16)21-2/h3-10H,11-12H2,1-2H3,(H2,18,19,23). The zero-order chi connectivity index (χ0) is 16.5. The van der Waals surface area contributed by atoms with E-state index in [4.69, 9.17) is 26.4 Å². The SMILES string of the molecule is COCCNC(=S)Nc1ccc(Oc2ccccc2OC)cc1. The molecule has 0 unspecified atom stereocenters. The van der Waals surface area contributed by atoms with Crippen LogP contribution in [0.15, 0.2) is 48.5 Å². The summed E-state index contributed by atoms with van der Waals surface area (Å²) in [6, 6.07) is 15.0. The maximum atomic E-state index is 5.82. The second-order valence-electron chi connectivity index (χ2n) is 4.65. The lowest BCUT2D eigenvalue weighted by atomic mass is 10.3. The van der Waals surface area contributed by atoms with Crippen LogP contribution in [0.25, 0.3) is 0 Å². The molecule has 0 fully saturated rings. The fourth-order valence-corrected chi connectivity index (χ4v) is 2.10. The van der Waals surface area contributed by atoms with Crippen LogP contribution in [0.3, 0.4) is 0 Å². The summed E-state index contributed by atoms with van der Waals surface area (Å²) in [5, 5.41) is 6.70. The van der Waals surface area contributed by atoms with E-state index >= 15 is 0 Å². The van der Waals surface area contributed by atoms with E-state index < -0.39 is 0 Å². The van der Waals surface area contributed by atoms with Crippen molar-refractivity contribution in [2.24, 2.45) is 0 Å². The molecule has 2 aromatic carbocycles. The van der Waals surface area contributed by atoms with Gasteiger partial charge < -0.3 is 24.8 Å². The van der Waals surface area contributed by atoms with E-state index in [-0.39, 0.29) is 0 Å². The first kappa shape index (κ1) is 17.1. The molecule has 0 aliphatic rings. The van der Waals surface area contributed by atoms with Gasteiger partial charge in [0.15, 0.2) is 16.6 Å². The zero-order valence-electron chi connectivity index (χ0n) is 13.2. The Hall–Kier alpha value is -2.31. The molecule has 2 aromatic rings. The Kier molecular flexibility index (Phi) is 6.65. The number of benzene rings is 2. The predicted octanol–water partition coefficient (Wildman–Crippen LogP) is 3.42. The fourth-order valence-electron chi connectivity index (χ4n) is 1.88. The summed E-state index contributed by atoms with van der Waals surface area (Å²) in [5.41, 5.74) is 0.882. The number of thiocarbonyl (C=S) groups is 1. The second-order valence-corrected chi connectivity index (χ2v) is 5.06. The van der Waals surface area contributed by atoms with Crippen LogP contribution < -0.4 is 20.1 Å². The minimum Gasteiger partial charge on any atom is -0.493 e. The van der Waals surface area contributed by atoms with Crippen LogP contribution in [0.4, 0.5) is 5.69 Å². The van der Waals surface area contributed by atoms with Crippen molar-refractivity contribution in [2.75, 3.05) is 32.7 Å². The van der Waals surface area contributed by atoms with Crippen LogP contribution in [0, 0.1) is 0 Å². The molecular weight excluding hydrogens is 312 g/mol. The molecule has 0 radical (unpaired) electrons. The van der Waals surface area contributed by atoms with Gasteiger partial charge in [0.25, 0.3) is 0 Å². The highest BCUT2D eigenvalue weighted by Crippen LogP contribution is 2.31. The number of hydrogen-bond acceptors (Lipinski definition) is 4. The summed E-state index contributed by atoms with van der Waals surface area (Å²) >= 11 is 5.19. The van der Waals surface area contributed by atoms with Crippen molar-refractivity contribution in [3.8, 4) is 17.2 Å². The summed E-state index contributed by atoms with van der Waals surface area (Å²) in [6.07, 6.45) is 0. The third-order valence-electron chi connectivity index (χ3n) is 3.00. The minimum absolute atomic E-state index is 0.556. The first-order valence-corrected chi connectivity index (χ1v) is 7.58. The maximum Gasteiger partial charge on any atom is 0.170 e. The Balaban J connectivity index is 1.93. The third kappa shape index (κ3) is 5.43. The first-order chi connectivity index (χ1) is 11.2. The molecule has 23 heavy (non-hydrogen) atoms. The summed E-state index contributed by atoms with van der Waals surface area (Å²) in [4.78, 5) is 0. The van der Waals surface area contributed by atoms with Crippen LogP contribution in [-0.2, 0) is 4.74 Å². The maximum absolute atomic E-state index is 5.82. The summed E-state index contributed by atoms with van der Waals surface area (Å²) in [6.45, 7) is 1.27. The number of anilines is 1. The molecule has 122 valence electrons. The quantitative estimate of drug-likeness (QED) is 0.598. The van der Waals surface area contributed by atoms with Gasteiger partial charge in [-0.05, 0) is 48.6 Å². The minimum atomic E-state index is 0.556. The molecule has 0 amide bonds. The molecule has 0 aromatic heterocycles. The van der Waals surface area contributed by atoms with Gasteiger partial charge >= 0.3 is 0 Å². The molecule has 5 nitrogen and oxygen atoms in total. The van der Waals surface area contributed by atoms with E-state index in [0.29, 0.717) is 29.8 Å². The van der Waals surface area contributed by atoms with Gasteiger partial charge in [0.1, 0.15) is 5.75 Å². The number of rotatable bonds is 7. The molecule has 0 aliphatic heterocycles. The lowest BCUT2D eigenvalue weighted by molar-refractivity contribution is 0.204. The van der Waals surface area contributed by atoms with Crippen molar-refractivity contribution in [1.29, 1.82) is 0 Å². The molecule has 0 spiro atoms. The molecule has 0 aliphatic carbocycles. The van der Waals surface area contributed by atoms with Gasteiger partial charge in [-0.15, -0.1) is 0 Å². The van der Waals surface area contributed by atoms with Gasteiger partial charge in [-0.2, -0.15) is 0 Å². The Morgan fingerprint density at radius 3 is 2.35 bits per heavy atom. The zero-order valence-corrected chi connectivity index (χ0v) is 14.0. The highest BCUT2D eigenvalue weighted by Gasteiger charge is 2.04. The molecule has 2 N–H and O–H groups in total. The average Bonchev–Trinajstić information content (AvgIpc) is 2.57. The van der Waals surface area contributed by atoms with Crippen molar-refractivity contribution < 1.29 is 14.2 Å². The number of para-hydroxylation sites is 2. The molecule has 2 rings (SSSR count). The van der Waals surface area contributed by atoms with Crippen LogP contribution in [0.1, 0.15) is 0 Å². The van der Waals surface area contributed by atoms with Gasteiger partial charge in [-0.3, -0.25) is 0 Å². The predicted molar refractivity (Wildman–Crippen MR) is 95.6 cm³/mol. The molecule has 0 saturated heterocycles. The van der Waals surface area contributed by atoms with Crippen LogP contribution in [0.5, 0.6) is 17.2 Å². The summed E-state index contributed by atoms with van der Waals surface area (Å²) in [5.74, 6) is 2.09. The number of methoxy groups -OCH3 is 2. The highest BCUT2D eigenvalue weighted by molar-refractivity contribution is 7.80. The topological polar surface area (TPSA) is 51.8 Å². The van der Waals surface area contributed by atoms with Crippen molar-refractivity contribution >= 4 is 23.0 Å². The fraction of sp³-hybridized carbons (Fsp3) is 0.235. The molecule has 0 bridgehead atoms. The molecular formula is C17H20N2O3S. The smallest absolute Gasteiger partial charge is 0.170 e. The van der Waals surface area contributed by atoms with Crippen LogP contribution in [-0.4, -0.2) is 32.5 Å². The lowest BCUT2D eigenvalue weighted by Gasteiger charge is -2.12. The highest BCUT2D eigenvalue weighted by atomic mass is 32.1. The monoisotopic (exact) mass is 332 g/mol. The lowest BCUT2D eigenvalue weighted by Crippen LogP contribution is -2.31. The normalized spacial score (nSPS) is 10.0. The molecule has 0 atom stereocenters. The van der Waals surface area contributed by atoms with Gasteiger partial charge in [0.2, 0.25) is 0 Å². The molecule has 0 heterocycles. The second kappa shape index (κ2) is 8.97. The van der Waals surface area contributed by atoms with Crippen molar-refractivity contribution in [3.05, 3.63) is 48.5 Å². The first-order valence-electron chi connectivity index (χ1n) is 7.17. The van der Waals surface area contributed by atoms with Crippen LogP contribution in [0.2, 0.25) is 0 Å². The van der Waals surface area contributed by atoms with E-state index in [0.717, 1.165) is 11.4 Å². The number of nitrogens with one attached hydrogen (secondary N) is 2. The summed E-state index contributed by atoms with van der Waals surface area (Å²) < 4.78 is 16.0. The Bertz CT molecular complexity index is 632. The van der Waals surface area contributed by atoms with Crippen molar-refractivity contribution in [2.45, 2.75) is 0 Å². The number of ether oxygens (including phenoxy) is 3. The van der Waals surface area contributed by atoms with E-state index in [2.05, 4.69) is 10.6 Å². The van der Waals surface area contributed by atoms with Crippen molar-refractivity contribution in [3.63, 3.8) is 0 Å². The van der Waals surface area contributed by atoms with Crippen LogP contribution >= 0.6 is 12.2 Å². The van der Waals surface area contributed by atoms with E-state index in [1.807, 2.05) is 48.5 Å². The molecule has 6 heteroatoms. The Morgan fingerprint density at radius 2 is 1.70 bits per heavy atom. The van der Waals surface area contributed by atoms with E-state index in [1.165, 1.54) is 0 Å². The Labute approximate surface area is 141 Å². The van der Waals surface area contributed by atoms with E-state index in [1.54, 1.807) is 14.2 Å². The van der Waals surface area contributed by atoms with Gasteiger partial charge in [0, 0.05) is 19.3 Å². The van der Waals surface area contributed by atoms with Crippen molar-refractivity contribution in [1.82, 2.24) is 5.32 Å². The van der Waals surface area contributed by atoms with E-state index in [9.17, 15) is 0 Å². The van der Waals surface area contributed by atoms with Gasteiger partial charge in [-0.1, -0.05) is 12.1 Å². The van der Waals surface area contributed by atoms with Gasteiger partial charge in [-0.25, -0.2) is 0 Å². The largest absolute Gasteiger partial charge is 0.493 e. The van der Waals surface area contributed by atoms with Gasteiger partial charge in [0.05, 0.1) is 13.7 Å². The third-order valence-corrected chi connectivity index (χ3v) is 3.25. The Morgan fingerprint density at radius 1 is 1.00 bits per heavy atom.